The van der Waals surface area contributed by atoms with Crippen LogP contribution in [-0.2, 0) is 14.9 Å². The number of ether oxygens (including phenoxy) is 1. The Hall–Kier alpha value is -1.35. The molecule has 1 heterocycles. The summed E-state index contributed by atoms with van der Waals surface area (Å²) in [7, 11) is 0. The van der Waals surface area contributed by atoms with Crippen LogP contribution in [-0.4, -0.2) is 24.3 Å². The number of benzene rings is 1. The lowest BCUT2D eigenvalue weighted by molar-refractivity contribution is -0.139. The van der Waals surface area contributed by atoms with Crippen molar-refractivity contribution in [1.29, 1.82) is 0 Å². The van der Waals surface area contributed by atoms with Crippen LogP contribution in [0.25, 0.3) is 0 Å². The quantitative estimate of drug-likeness (QED) is 0.891. The van der Waals surface area contributed by atoms with E-state index < -0.39 is 5.97 Å². The first-order valence-electron chi connectivity index (χ1n) is 6.32. The molecule has 0 bridgehead atoms. The number of aliphatic carboxylic acids is 1. The van der Waals surface area contributed by atoms with Gasteiger partial charge in [-0.2, -0.15) is 0 Å². The molecule has 0 atom stereocenters. The van der Waals surface area contributed by atoms with E-state index in [-0.39, 0.29) is 11.8 Å². The van der Waals surface area contributed by atoms with Crippen molar-refractivity contribution in [2.24, 2.45) is 0 Å². The standard InChI is InChI=1S/C15H20O3/c1-10-6-11(2)14(12(3)7-10)15(8-18-9-15)5-4-13(16)17/h6-7H,4-5,8-9H2,1-3H3,(H,16,17). The Labute approximate surface area is 108 Å². The van der Waals surface area contributed by atoms with E-state index in [0.29, 0.717) is 19.6 Å². The lowest BCUT2D eigenvalue weighted by Crippen LogP contribution is -2.48. The van der Waals surface area contributed by atoms with Crippen molar-refractivity contribution in [2.45, 2.75) is 39.0 Å². The zero-order valence-electron chi connectivity index (χ0n) is 11.2. The number of carbonyl (C=O) groups is 1. The zero-order valence-corrected chi connectivity index (χ0v) is 11.2. The Morgan fingerprint density at radius 3 is 2.22 bits per heavy atom. The van der Waals surface area contributed by atoms with Gasteiger partial charge >= 0.3 is 5.97 Å². The minimum Gasteiger partial charge on any atom is -0.481 e. The van der Waals surface area contributed by atoms with Gasteiger partial charge in [-0.05, 0) is 43.9 Å². The first-order valence-corrected chi connectivity index (χ1v) is 6.32. The topological polar surface area (TPSA) is 46.5 Å². The molecule has 3 nitrogen and oxygen atoms in total. The van der Waals surface area contributed by atoms with Gasteiger partial charge in [0.25, 0.3) is 0 Å². The first-order chi connectivity index (χ1) is 8.44. The molecule has 1 aromatic rings. The molecule has 3 heteroatoms. The average molecular weight is 248 g/mol. The summed E-state index contributed by atoms with van der Waals surface area (Å²) in [6.07, 6.45) is 0.864. The van der Waals surface area contributed by atoms with Gasteiger partial charge < -0.3 is 9.84 Å². The van der Waals surface area contributed by atoms with Crippen molar-refractivity contribution in [3.63, 3.8) is 0 Å². The highest BCUT2D eigenvalue weighted by Gasteiger charge is 2.42. The van der Waals surface area contributed by atoms with Gasteiger partial charge in [-0.3, -0.25) is 4.79 Å². The summed E-state index contributed by atoms with van der Waals surface area (Å²) < 4.78 is 5.37. The van der Waals surface area contributed by atoms with E-state index in [1.54, 1.807) is 0 Å². The van der Waals surface area contributed by atoms with Crippen molar-refractivity contribution >= 4 is 5.97 Å². The molecule has 98 valence electrons. The van der Waals surface area contributed by atoms with E-state index in [1.807, 2.05) is 0 Å². The zero-order chi connectivity index (χ0) is 13.3. The number of aryl methyl sites for hydroxylation is 3. The van der Waals surface area contributed by atoms with Crippen LogP contribution in [0.1, 0.15) is 35.1 Å². The highest BCUT2D eigenvalue weighted by atomic mass is 16.5. The Kier molecular flexibility index (Phi) is 3.44. The number of hydrogen-bond donors (Lipinski definition) is 1. The van der Waals surface area contributed by atoms with E-state index in [4.69, 9.17) is 9.84 Å². The maximum atomic E-state index is 10.8. The monoisotopic (exact) mass is 248 g/mol. The van der Waals surface area contributed by atoms with Gasteiger partial charge in [0.15, 0.2) is 0 Å². The Morgan fingerprint density at radius 1 is 1.28 bits per heavy atom. The molecule has 0 aromatic heterocycles. The second-order valence-corrected chi connectivity index (χ2v) is 5.44. The molecule has 2 rings (SSSR count). The second kappa shape index (κ2) is 4.73. The van der Waals surface area contributed by atoms with Crippen molar-refractivity contribution < 1.29 is 14.6 Å². The summed E-state index contributed by atoms with van der Waals surface area (Å²) in [4.78, 5) is 10.8. The maximum absolute atomic E-state index is 10.8. The molecular weight excluding hydrogens is 228 g/mol. The predicted octanol–water partition coefficient (Wildman–Crippen LogP) is 2.74. The van der Waals surface area contributed by atoms with E-state index >= 15 is 0 Å². The number of hydrogen-bond acceptors (Lipinski definition) is 2. The summed E-state index contributed by atoms with van der Waals surface area (Å²) in [6.45, 7) is 7.59. The summed E-state index contributed by atoms with van der Waals surface area (Å²) in [5.74, 6) is -0.733. The largest absolute Gasteiger partial charge is 0.481 e. The molecular formula is C15H20O3. The third-order valence-corrected chi connectivity index (χ3v) is 3.78. The van der Waals surface area contributed by atoms with Crippen molar-refractivity contribution in [1.82, 2.24) is 0 Å². The van der Waals surface area contributed by atoms with E-state index in [0.717, 1.165) is 0 Å². The third-order valence-electron chi connectivity index (χ3n) is 3.78. The Bertz CT molecular complexity index is 450. The van der Waals surface area contributed by atoms with Gasteiger partial charge in [-0.25, -0.2) is 0 Å². The van der Waals surface area contributed by atoms with Crippen molar-refractivity contribution in [2.75, 3.05) is 13.2 Å². The molecule has 1 N–H and O–H groups in total. The highest BCUT2D eigenvalue weighted by molar-refractivity contribution is 5.67. The first kappa shape index (κ1) is 13.1. The van der Waals surface area contributed by atoms with E-state index in [1.165, 1.54) is 22.3 Å². The summed E-state index contributed by atoms with van der Waals surface area (Å²) >= 11 is 0. The summed E-state index contributed by atoms with van der Waals surface area (Å²) in [5, 5.41) is 8.89. The SMILES string of the molecule is Cc1cc(C)c(C2(CCC(=O)O)COC2)c(C)c1. The molecule has 0 unspecified atom stereocenters. The minimum absolute atomic E-state index is 0.0831. The fraction of sp³-hybridized carbons (Fsp3) is 0.533. The van der Waals surface area contributed by atoms with Gasteiger partial charge in [-0.15, -0.1) is 0 Å². The maximum Gasteiger partial charge on any atom is 0.303 e. The lowest BCUT2D eigenvalue weighted by Gasteiger charge is -2.43. The number of rotatable bonds is 4. The van der Waals surface area contributed by atoms with Crippen LogP contribution < -0.4 is 0 Å². The molecule has 0 radical (unpaired) electrons. The summed E-state index contributed by atoms with van der Waals surface area (Å²) in [5.41, 5.74) is 4.96. The molecule has 18 heavy (non-hydrogen) atoms. The molecule has 0 amide bonds. The molecule has 0 aliphatic carbocycles. The van der Waals surface area contributed by atoms with Gasteiger partial charge in [0, 0.05) is 11.8 Å². The molecule has 0 saturated carbocycles. The van der Waals surface area contributed by atoms with Gasteiger partial charge in [-0.1, -0.05) is 17.7 Å². The van der Waals surface area contributed by atoms with Crippen LogP contribution in [0.2, 0.25) is 0 Å². The lowest BCUT2D eigenvalue weighted by atomic mass is 9.71. The normalized spacial score (nSPS) is 17.3. The highest BCUT2D eigenvalue weighted by Crippen LogP contribution is 2.40. The fourth-order valence-corrected chi connectivity index (χ4v) is 3.12. The van der Waals surface area contributed by atoms with Crippen LogP contribution in [0.15, 0.2) is 12.1 Å². The fourth-order valence-electron chi connectivity index (χ4n) is 3.12. The van der Waals surface area contributed by atoms with E-state index in [9.17, 15) is 4.79 Å². The van der Waals surface area contributed by atoms with Crippen molar-refractivity contribution in [3.8, 4) is 0 Å². The smallest absolute Gasteiger partial charge is 0.303 e. The predicted molar refractivity (Wildman–Crippen MR) is 70.0 cm³/mol. The van der Waals surface area contributed by atoms with Crippen LogP contribution in [0.5, 0.6) is 0 Å². The van der Waals surface area contributed by atoms with Gasteiger partial charge in [0.1, 0.15) is 0 Å². The Morgan fingerprint density at radius 2 is 1.83 bits per heavy atom. The van der Waals surface area contributed by atoms with Crippen LogP contribution >= 0.6 is 0 Å². The third kappa shape index (κ3) is 2.27. The van der Waals surface area contributed by atoms with Crippen molar-refractivity contribution in [3.05, 3.63) is 34.4 Å². The molecule has 1 aliphatic rings. The van der Waals surface area contributed by atoms with Gasteiger partial charge in [0.2, 0.25) is 0 Å². The average Bonchev–Trinajstić information content (AvgIpc) is 2.18. The van der Waals surface area contributed by atoms with Crippen LogP contribution in [0.4, 0.5) is 0 Å². The van der Waals surface area contributed by atoms with Crippen LogP contribution in [0, 0.1) is 20.8 Å². The minimum atomic E-state index is -0.733. The molecule has 1 saturated heterocycles. The van der Waals surface area contributed by atoms with Gasteiger partial charge in [0.05, 0.1) is 13.2 Å². The number of carboxylic acids is 1. The molecule has 1 aromatic carbocycles. The summed E-state index contributed by atoms with van der Waals surface area (Å²) in [6, 6.07) is 4.34. The number of carboxylic acid groups (broad SMARTS) is 1. The molecule has 1 aliphatic heterocycles. The van der Waals surface area contributed by atoms with E-state index in [2.05, 4.69) is 32.9 Å². The Balaban J connectivity index is 2.35. The van der Waals surface area contributed by atoms with Crippen LogP contribution in [0.3, 0.4) is 0 Å². The second-order valence-electron chi connectivity index (χ2n) is 5.44. The molecule has 1 fully saturated rings. The molecule has 0 spiro atoms.